The Morgan fingerprint density at radius 1 is 1.35 bits per heavy atom. The van der Waals surface area contributed by atoms with Gasteiger partial charge in [0.05, 0.1) is 5.39 Å². The Balaban J connectivity index is 1.65. The monoisotopic (exact) mass is 275 g/mol. The van der Waals surface area contributed by atoms with E-state index in [1.54, 1.807) is 13.0 Å². The molecule has 0 amide bonds. The van der Waals surface area contributed by atoms with Crippen LogP contribution in [0.5, 0.6) is 0 Å². The van der Waals surface area contributed by atoms with Crippen LogP contribution in [0.4, 0.5) is 10.2 Å². The molecule has 3 aliphatic heterocycles. The molecular formula is C15H18FN3O. The highest BCUT2D eigenvalue weighted by Crippen LogP contribution is 2.32. The summed E-state index contributed by atoms with van der Waals surface area (Å²) in [6, 6.07) is 4.06. The first-order valence-electron chi connectivity index (χ1n) is 7.26. The lowest BCUT2D eigenvalue weighted by atomic mass is 9.84. The SMILES string of the molecule is Cc1ccc2c(NC3CN4CCC3CC4)noc2c1F. The number of aromatic nitrogens is 1. The van der Waals surface area contributed by atoms with Crippen molar-refractivity contribution >= 4 is 16.8 Å². The van der Waals surface area contributed by atoms with Crippen molar-refractivity contribution in [3.8, 4) is 0 Å². The van der Waals surface area contributed by atoms with Gasteiger partial charge in [0.25, 0.3) is 0 Å². The predicted octanol–water partition coefficient (Wildman–Crippen LogP) is 2.78. The lowest BCUT2D eigenvalue weighted by molar-refractivity contribution is 0.0973. The largest absolute Gasteiger partial charge is 0.362 e. The zero-order chi connectivity index (χ0) is 13.7. The molecule has 0 radical (unpaired) electrons. The van der Waals surface area contributed by atoms with E-state index in [4.69, 9.17) is 4.52 Å². The molecule has 2 aromatic rings. The van der Waals surface area contributed by atoms with Crippen molar-refractivity contribution < 1.29 is 8.91 Å². The quantitative estimate of drug-likeness (QED) is 0.915. The van der Waals surface area contributed by atoms with Gasteiger partial charge in [-0.25, -0.2) is 4.39 Å². The fourth-order valence-corrected chi connectivity index (χ4v) is 3.48. The normalized spacial score (nSPS) is 29.0. The molecule has 5 heteroatoms. The maximum absolute atomic E-state index is 14.0. The third-order valence-corrected chi connectivity index (χ3v) is 4.75. The maximum Gasteiger partial charge on any atom is 0.204 e. The average molecular weight is 275 g/mol. The van der Waals surface area contributed by atoms with Gasteiger partial charge in [0.2, 0.25) is 5.58 Å². The minimum Gasteiger partial charge on any atom is -0.362 e. The number of nitrogens with zero attached hydrogens (tertiary/aromatic N) is 2. The smallest absolute Gasteiger partial charge is 0.204 e. The number of nitrogens with one attached hydrogen (secondary N) is 1. The maximum atomic E-state index is 14.0. The van der Waals surface area contributed by atoms with E-state index in [-0.39, 0.29) is 11.4 Å². The number of halogens is 1. The van der Waals surface area contributed by atoms with Gasteiger partial charge in [-0.1, -0.05) is 11.2 Å². The Labute approximate surface area is 116 Å². The van der Waals surface area contributed by atoms with Gasteiger partial charge in [0.15, 0.2) is 11.6 Å². The summed E-state index contributed by atoms with van der Waals surface area (Å²) in [4.78, 5) is 2.48. The van der Waals surface area contributed by atoms with E-state index >= 15 is 0 Å². The highest BCUT2D eigenvalue weighted by atomic mass is 19.1. The molecule has 2 bridgehead atoms. The molecule has 1 aromatic carbocycles. The molecular weight excluding hydrogens is 257 g/mol. The zero-order valence-electron chi connectivity index (χ0n) is 11.5. The van der Waals surface area contributed by atoms with Crippen LogP contribution >= 0.6 is 0 Å². The summed E-state index contributed by atoms with van der Waals surface area (Å²) < 4.78 is 19.2. The van der Waals surface area contributed by atoms with Crippen molar-refractivity contribution in [1.82, 2.24) is 10.1 Å². The molecule has 3 aliphatic rings. The molecule has 3 saturated heterocycles. The number of hydrogen-bond donors (Lipinski definition) is 1. The molecule has 1 N–H and O–H groups in total. The van der Waals surface area contributed by atoms with Crippen molar-refractivity contribution in [2.45, 2.75) is 25.8 Å². The van der Waals surface area contributed by atoms with Crippen LogP contribution in [0.15, 0.2) is 16.7 Å². The van der Waals surface area contributed by atoms with E-state index in [9.17, 15) is 4.39 Å². The summed E-state index contributed by atoms with van der Waals surface area (Å²) in [6.07, 6.45) is 2.47. The second-order valence-electron chi connectivity index (χ2n) is 5.99. The van der Waals surface area contributed by atoms with Crippen LogP contribution < -0.4 is 5.32 Å². The third kappa shape index (κ3) is 1.80. The van der Waals surface area contributed by atoms with Gasteiger partial charge in [-0.2, -0.15) is 0 Å². The Bertz CT molecular complexity index is 646. The van der Waals surface area contributed by atoms with Crippen molar-refractivity contribution in [3.63, 3.8) is 0 Å². The van der Waals surface area contributed by atoms with Gasteiger partial charge in [-0.05, 0) is 50.4 Å². The first-order chi connectivity index (χ1) is 9.72. The minimum absolute atomic E-state index is 0.258. The number of fused-ring (bicyclic) bond motifs is 4. The van der Waals surface area contributed by atoms with E-state index in [0.29, 0.717) is 23.3 Å². The fourth-order valence-electron chi connectivity index (χ4n) is 3.48. The van der Waals surface area contributed by atoms with E-state index < -0.39 is 0 Å². The van der Waals surface area contributed by atoms with E-state index in [2.05, 4.69) is 15.4 Å². The molecule has 1 atom stereocenters. The molecule has 0 aliphatic carbocycles. The van der Waals surface area contributed by atoms with Crippen molar-refractivity contribution in [2.75, 3.05) is 25.0 Å². The Morgan fingerprint density at radius 2 is 2.15 bits per heavy atom. The highest BCUT2D eigenvalue weighted by molar-refractivity contribution is 5.89. The number of aryl methyl sites for hydroxylation is 1. The summed E-state index contributed by atoms with van der Waals surface area (Å²) in [5.41, 5.74) is 0.844. The van der Waals surface area contributed by atoms with Gasteiger partial charge >= 0.3 is 0 Å². The third-order valence-electron chi connectivity index (χ3n) is 4.75. The van der Waals surface area contributed by atoms with E-state index in [1.807, 2.05) is 6.07 Å². The van der Waals surface area contributed by atoms with Crippen LogP contribution in [0.1, 0.15) is 18.4 Å². The lowest BCUT2D eigenvalue weighted by Gasteiger charge is -2.44. The standard InChI is InChI=1S/C15H18FN3O/c1-9-2-3-11-14(13(9)16)20-18-15(11)17-12-8-19-6-4-10(12)5-7-19/h2-3,10,12H,4-8H2,1H3,(H,17,18). The number of anilines is 1. The van der Waals surface area contributed by atoms with Crippen LogP contribution in [0.3, 0.4) is 0 Å². The Kier molecular flexibility index (Phi) is 2.70. The highest BCUT2D eigenvalue weighted by Gasteiger charge is 2.34. The van der Waals surface area contributed by atoms with Gasteiger partial charge in [-0.3, -0.25) is 0 Å². The molecule has 20 heavy (non-hydrogen) atoms. The number of piperidine rings is 3. The lowest BCUT2D eigenvalue weighted by Crippen LogP contribution is -2.53. The first-order valence-corrected chi connectivity index (χ1v) is 7.26. The zero-order valence-corrected chi connectivity index (χ0v) is 11.5. The number of benzene rings is 1. The summed E-state index contributed by atoms with van der Waals surface area (Å²) in [5, 5.41) is 8.24. The summed E-state index contributed by atoms with van der Waals surface area (Å²) in [6.45, 7) is 5.19. The first kappa shape index (κ1) is 12.1. The molecule has 1 unspecified atom stereocenters. The predicted molar refractivity (Wildman–Crippen MR) is 75.3 cm³/mol. The van der Waals surface area contributed by atoms with Crippen LogP contribution in [-0.2, 0) is 0 Å². The average Bonchev–Trinajstić information content (AvgIpc) is 2.88. The van der Waals surface area contributed by atoms with E-state index in [1.165, 1.54) is 25.9 Å². The molecule has 5 rings (SSSR count). The van der Waals surface area contributed by atoms with Crippen LogP contribution in [0, 0.1) is 18.7 Å². The molecule has 106 valence electrons. The molecule has 0 spiro atoms. The summed E-state index contributed by atoms with van der Waals surface area (Å²) in [5.74, 6) is 1.07. The van der Waals surface area contributed by atoms with Gasteiger partial charge in [0.1, 0.15) is 0 Å². The minimum atomic E-state index is -0.308. The van der Waals surface area contributed by atoms with Gasteiger partial charge in [0, 0.05) is 12.6 Å². The number of rotatable bonds is 2. The van der Waals surface area contributed by atoms with E-state index in [0.717, 1.165) is 11.9 Å². The van der Waals surface area contributed by atoms with Crippen molar-refractivity contribution in [2.24, 2.45) is 5.92 Å². The van der Waals surface area contributed by atoms with Crippen LogP contribution in [-0.4, -0.2) is 35.7 Å². The van der Waals surface area contributed by atoms with Crippen LogP contribution in [0.2, 0.25) is 0 Å². The molecule has 0 saturated carbocycles. The second-order valence-corrected chi connectivity index (χ2v) is 5.99. The molecule has 3 fully saturated rings. The summed E-state index contributed by atoms with van der Waals surface area (Å²) in [7, 11) is 0. The van der Waals surface area contributed by atoms with Crippen molar-refractivity contribution in [1.29, 1.82) is 0 Å². The Morgan fingerprint density at radius 3 is 2.85 bits per heavy atom. The fraction of sp³-hybridized carbons (Fsp3) is 0.533. The molecule has 4 nitrogen and oxygen atoms in total. The van der Waals surface area contributed by atoms with Gasteiger partial charge in [-0.15, -0.1) is 0 Å². The Hall–Kier alpha value is -1.62. The molecule has 4 heterocycles. The van der Waals surface area contributed by atoms with Crippen LogP contribution in [0.25, 0.3) is 11.0 Å². The second kappa shape index (κ2) is 4.45. The number of hydrogen-bond acceptors (Lipinski definition) is 4. The topological polar surface area (TPSA) is 41.3 Å². The van der Waals surface area contributed by atoms with Crippen molar-refractivity contribution in [3.05, 3.63) is 23.5 Å². The summed E-state index contributed by atoms with van der Waals surface area (Å²) >= 11 is 0. The van der Waals surface area contributed by atoms with Gasteiger partial charge < -0.3 is 14.7 Å². The molecule has 1 aromatic heterocycles.